The van der Waals surface area contributed by atoms with Gasteiger partial charge in [-0.1, -0.05) is 36.4 Å². The van der Waals surface area contributed by atoms with Crippen molar-refractivity contribution in [1.82, 2.24) is 15.6 Å². The summed E-state index contributed by atoms with van der Waals surface area (Å²) in [5, 5.41) is 18.8. The second-order valence-corrected chi connectivity index (χ2v) is 6.40. The first-order valence-corrected chi connectivity index (χ1v) is 9.54. The summed E-state index contributed by atoms with van der Waals surface area (Å²) in [6.45, 7) is 5.49. The SMILES string of the molecule is CCNC(=NCC(CO)c1ccccc1)NCCC(=O)Nc1cccc(C)n1.I. The topological polar surface area (TPSA) is 98.6 Å². The van der Waals surface area contributed by atoms with E-state index in [-0.39, 0.29) is 42.4 Å². The molecule has 1 heterocycles. The van der Waals surface area contributed by atoms with E-state index in [9.17, 15) is 9.90 Å². The van der Waals surface area contributed by atoms with Gasteiger partial charge in [-0.15, -0.1) is 24.0 Å². The fraction of sp³-hybridized carbons (Fsp3) is 0.381. The van der Waals surface area contributed by atoms with Crippen molar-refractivity contribution in [2.45, 2.75) is 26.2 Å². The molecule has 2 rings (SSSR count). The molecule has 8 heteroatoms. The summed E-state index contributed by atoms with van der Waals surface area (Å²) in [4.78, 5) is 20.9. The number of aromatic nitrogens is 1. The van der Waals surface area contributed by atoms with Crippen molar-refractivity contribution >= 4 is 41.7 Å². The highest BCUT2D eigenvalue weighted by Gasteiger charge is 2.10. The molecule has 158 valence electrons. The molecule has 1 atom stereocenters. The van der Waals surface area contributed by atoms with Gasteiger partial charge in [-0.25, -0.2) is 4.98 Å². The third-order valence-corrected chi connectivity index (χ3v) is 4.11. The fourth-order valence-corrected chi connectivity index (χ4v) is 2.65. The Kier molecular flexibility index (Phi) is 11.9. The number of halogens is 1. The molecular formula is C21H30IN5O2. The van der Waals surface area contributed by atoms with E-state index in [1.54, 1.807) is 6.07 Å². The molecule has 0 aliphatic rings. The van der Waals surface area contributed by atoms with Gasteiger partial charge >= 0.3 is 0 Å². The Hall–Kier alpha value is -2.20. The van der Waals surface area contributed by atoms with Crippen molar-refractivity contribution in [3.8, 4) is 0 Å². The van der Waals surface area contributed by atoms with Gasteiger partial charge in [-0.3, -0.25) is 9.79 Å². The smallest absolute Gasteiger partial charge is 0.227 e. The predicted octanol–water partition coefficient (Wildman–Crippen LogP) is 2.67. The Morgan fingerprint density at radius 3 is 2.55 bits per heavy atom. The number of amides is 1. The number of aliphatic imine (C=N–C) groups is 1. The van der Waals surface area contributed by atoms with Crippen molar-refractivity contribution in [3.63, 3.8) is 0 Å². The van der Waals surface area contributed by atoms with Crippen LogP contribution in [0, 0.1) is 6.92 Å². The second kappa shape index (κ2) is 13.9. The van der Waals surface area contributed by atoms with Gasteiger partial charge in [0.05, 0.1) is 13.2 Å². The Morgan fingerprint density at radius 1 is 1.14 bits per heavy atom. The summed E-state index contributed by atoms with van der Waals surface area (Å²) in [6, 6.07) is 15.3. The summed E-state index contributed by atoms with van der Waals surface area (Å²) in [5.74, 6) is 1.00. The standard InChI is InChI=1S/C21H29N5O2.HI/c1-3-22-21(24-14-18(15-27)17-9-5-4-6-10-17)23-13-12-20(28)26-19-11-7-8-16(2)25-19;/h4-11,18,27H,3,12-15H2,1-2H3,(H2,22,23,24)(H,25,26,28);1H. The van der Waals surface area contributed by atoms with E-state index in [2.05, 4.69) is 25.9 Å². The fourth-order valence-electron chi connectivity index (χ4n) is 2.65. The van der Waals surface area contributed by atoms with Gasteiger partial charge in [0.15, 0.2) is 5.96 Å². The molecule has 1 amide bonds. The molecule has 0 bridgehead atoms. The molecule has 0 aliphatic carbocycles. The van der Waals surface area contributed by atoms with Gasteiger partial charge < -0.3 is 21.1 Å². The van der Waals surface area contributed by atoms with Gasteiger partial charge in [0.2, 0.25) is 5.91 Å². The van der Waals surface area contributed by atoms with Crippen molar-refractivity contribution < 1.29 is 9.90 Å². The molecular weight excluding hydrogens is 481 g/mol. The summed E-state index contributed by atoms with van der Waals surface area (Å²) in [5.41, 5.74) is 1.91. The van der Waals surface area contributed by atoms with Crippen LogP contribution in [0.25, 0.3) is 0 Å². The molecule has 2 aromatic rings. The Balaban J connectivity index is 0.00000420. The number of rotatable bonds is 9. The van der Waals surface area contributed by atoms with Crippen LogP contribution in [0.4, 0.5) is 5.82 Å². The van der Waals surface area contributed by atoms with E-state index in [0.717, 1.165) is 11.3 Å². The zero-order valence-electron chi connectivity index (χ0n) is 16.9. The average molecular weight is 511 g/mol. The van der Waals surface area contributed by atoms with Crippen molar-refractivity contribution in [2.24, 2.45) is 4.99 Å². The molecule has 0 fully saturated rings. The third-order valence-electron chi connectivity index (χ3n) is 4.11. The number of aryl methyl sites for hydroxylation is 1. The molecule has 0 saturated carbocycles. The Labute approximate surface area is 189 Å². The van der Waals surface area contributed by atoms with Crippen molar-refractivity contribution in [1.29, 1.82) is 0 Å². The lowest BCUT2D eigenvalue weighted by Crippen LogP contribution is -2.39. The van der Waals surface area contributed by atoms with E-state index in [0.29, 0.717) is 37.8 Å². The monoisotopic (exact) mass is 511 g/mol. The maximum atomic E-state index is 12.1. The summed E-state index contributed by atoms with van der Waals surface area (Å²) >= 11 is 0. The minimum Gasteiger partial charge on any atom is -0.396 e. The zero-order chi connectivity index (χ0) is 20.2. The molecule has 4 N–H and O–H groups in total. The first kappa shape index (κ1) is 24.8. The van der Waals surface area contributed by atoms with E-state index in [1.807, 2.05) is 56.3 Å². The first-order chi connectivity index (χ1) is 13.6. The van der Waals surface area contributed by atoms with E-state index in [4.69, 9.17) is 0 Å². The normalized spacial score (nSPS) is 11.9. The molecule has 0 aliphatic heterocycles. The van der Waals surface area contributed by atoms with Crippen molar-refractivity contribution in [3.05, 3.63) is 59.8 Å². The molecule has 29 heavy (non-hydrogen) atoms. The number of nitrogens with one attached hydrogen (secondary N) is 3. The molecule has 0 radical (unpaired) electrons. The number of hydrogen-bond donors (Lipinski definition) is 4. The number of aliphatic hydroxyl groups is 1. The predicted molar refractivity (Wildman–Crippen MR) is 128 cm³/mol. The first-order valence-electron chi connectivity index (χ1n) is 9.54. The quantitative estimate of drug-likeness (QED) is 0.236. The minimum atomic E-state index is -0.112. The lowest BCUT2D eigenvalue weighted by atomic mass is 10.0. The lowest BCUT2D eigenvalue weighted by molar-refractivity contribution is -0.116. The van der Waals surface area contributed by atoms with Gasteiger partial charge in [0, 0.05) is 31.1 Å². The zero-order valence-corrected chi connectivity index (χ0v) is 19.2. The van der Waals surface area contributed by atoms with Crippen LogP contribution in [0.5, 0.6) is 0 Å². The highest BCUT2D eigenvalue weighted by atomic mass is 127. The molecule has 0 spiro atoms. The third kappa shape index (κ3) is 9.23. The average Bonchev–Trinajstić information content (AvgIpc) is 2.69. The molecule has 7 nitrogen and oxygen atoms in total. The maximum Gasteiger partial charge on any atom is 0.227 e. The van der Waals surface area contributed by atoms with Crippen LogP contribution in [-0.2, 0) is 4.79 Å². The number of aliphatic hydroxyl groups excluding tert-OH is 1. The largest absolute Gasteiger partial charge is 0.396 e. The van der Waals surface area contributed by atoms with Crippen LogP contribution in [0.15, 0.2) is 53.5 Å². The van der Waals surface area contributed by atoms with E-state index >= 15 is 0 Å². The Morgan fingerprint density at radius 2 is 1.90 bits per heavy atom. The number of anilines is 1. The van der Waals surface area contributed by atoms with Gasteiger partial charge in [-0.2, -0.15) is 0 Å². The second-order valence-electron chi connectivity index (χ2n) is 6.40. The van der Waals surface area contributed by atoms with Crippen LogP contribution >= 0.6 is 24.0 Å². The van der Waals surface area contributed by atoms with Crippen LogP contribution in [0.2, 0.25) is 0 Å². The molecule has 0 saturated heterocycles. The minimum absolute atomic E-state index is 0. The van der Waals surface area contributed by atoms with Crippen LogP contribution in [0.1, 0.15) is 30.5 Å². The number of benzene rings is 1. The van der Waals surface area contributed by atoms with E-state index < -0.39 is 0 Å². The number of carbonyl (C=O) groups excluding carboxylic acids is 1. The van der Waals surface area contributed by atoms with Gasteiger partial charge in [-0.05, 0) is 31.5 Å². The molecule has 1 aromatic heterocycles. The summed E-state index contributed by atoms with van der Waals surface area (Å²) < 4.78 is 0. The number of hydrogen-bond acceptors (Lipinski definition) is 4. The highest BCUT2D eigenvalue weighted by Crippen LogP contribution is 2.14. The number of pyridine rings is 1. The maximum absolute atomic E-state index is 12.1. The van der Waals surface area contributed by atoms with Gasteiger partial charge in [0.25, 0.3) is 0 Å². The molecule has 1 unspecified atom stereocenters. The van der Waals surface area contributed by atoms with Gasteiger partial charge in [0.1, 0.15) is 5.82 Å². The van der Waals surface area contributed by atoms with Crippen LogP contribution in [0.3, 0.4) is 0 Å². The van der Waals surface area contributed by atoms with Crippen molar-refractivity contribution in [2.75, 3.05) is 31.6 Å². The molecule has 1 aromatic carbocycles. The Bertz CT molecular complexity index is 771. The summed E-state index contributed by atoms with van der Waals surface area (Å²) in [7, 11) is 0. The van der Waals surface area contributed by atoms with E-state index in [1.165, 1.54) is 0 Å². The van der Waals surface area contributed by atoms with Crippen LogP contribution < -0.4 is 16.0 Å². The number of guanidine groups is 1. The number of carbonyl (C=O) groups is 1. The number of nitrogens with zero attached hydrogens (tertiary/aromatic N) is 2. The lowest BCUT2D eigenvalue weighted by Gasteiger charge is -2.15. The summed E-state index contributed by atoms with van der Waals surface area (Å²) in [6.07, 6.45) is 0.294. The van der Waals surface area contributed by atoms with Crippen LogP contribution in [-0.4, -0.2) is 48.2 Å². The highest BCUT2D eigenvalue weighted by molar-refractivity contribution is 14.0.